The summed E-state index contributed by atoms with van der Waals surface area (Å²) < 4.78 is 0. The summed E-state index contributed by atoms with van der Waals surface area (Å²) in [6.07, 6.45) is 16.0. The van der Waals surface area contributed by atoms with E-state index in [0.29, 0.717) is 5.92 Å². The molecule has 6 aromatic carbocycles. The standard InChI is InChI=1S/C51H45N/c1-4-37(3)15-11-19-38(5-2)45-21-12-23-47(35-45)51-36-46(41-29-27-40(28-30-41)39-16-7-6-8-17-39)22-14-26-50(52-51)44-33-31-43(32-34-44)49-25-13-20-42-18-9-10-24-48(42)49/h5-13,15-25,27-37H,2,4,14,26H2,1,3H3/b15-11-,38-19+,46-22+,51-36-,52-50+. The fraction of sp³-hybridized carbons (Fsp3) is 0.118. The molecular formula is C51H45N. The summed E-state index contributed by atoms with van der Waals surface area (Å²) in [7, 11) is 0. The van der Waals surface area contributed by atoms with Crippen molar-refractivity contribution in [1.29, 1.82) is 0 Å². The van der Waals surface area contributed by atoms with E-state index in [0.717, 1.165) is 52.9 Å². The first-order valence-electron chi connectivity index (χ1n) is 18.4. The summed E-state index contributed by atoms with van der Waals surface area (Å²) in [5.41, 5.74) is 13.8. The molecule has 0 N–H and O–H groups in total. The van der Waals surface area contributed by atoms with Gasteiger partial charge in [-0.05, 0) is 91.8 Å². The Morgan fingerprint density at radius 2 is 1.35 bits per heavy atom. The van der Waals surface area contributed by atoms with E-state index in [9.17, 15) is 0 Å². The molecule has 0 spiro atoms. The third-order valence-corrected chi connectivity index (χ3v) is 10.0. The summed E-state index contributed by atoms with van der Waals surface area (Å²) in [5.74, 6) is 0.537. The molecule has 1 aliphatic heterocycles. The molecule has 0 aromatic heterocycles. The Labute approximate surface area is 309 Å². The van der Waals surface area contributed by atoms with Crippen LogP contribution in [-0.4, -0.2) is 5.71 Å². The van der Waals surface area contributed by atoms with Crippen molar-refractivity contribution in [3.8, 4) is 22.3 Å². The van der Waals surface area contributed by atoms with E-state index < -0.39 is 0 Å². The van der Waals surface area contributed by atoms with Crippen molar-refractivity contribution < 1.29 is 0 Å². The molecule has 0 bridgehead atoms. The molecule has 0 saturated carbocycles. The molecule has 1 heterocycles. The largest absolute Gasteiger partial charge is 0.252 e. The van der Waals surface area contributed by atoms with Crippen LogP contribution in [0.3, 0.4) is 0 Å². The van der Waals surface area contributed by atoms with E-state index in [1.165, 1.54) is 44.2 Å². The fourth-order valence-electron chi connectivity index (χ4n) is 6.79. The Morgan fingerprint density at radius 1 is 0.692 bits per heavy atom. The van der Waals surface area contributed by atoms with Crippen LogP contribution < -0.4 is 0 Å². The molecule has 0 fully saturated rings. The molecule has 0 radical (unpaired) electrons. The molecule has 0 amide bonds. The second-order valence-electron chi connectivity index (χ2n) is 13.5. The minimum atomic E-state index is 0.537. The van der Waals surface area contributed by atoms with E-state index >= 15 is 0 Å². The molecule has 7 rings (SSSR count). The highest BCUT2D eigenvalue weighted by Crippen LogP contribution is 2.33. The van der Waals surface area contributed by atoms with Crippen molar-refractivity contribution in [3.63, 3.8) is 0 Å². The van der Waals surface area contributed by atoms with Crippen molar-refractivity contribution in [2.24, 2.45) is 10.9 Å². The predicted molar refractivity (Wildman–Crippen MR) is 226 cm³/mol. The summed E-state index contributed by atoms with van der Waals surface area (Å²) in [6, 6.07) is 52.3. The predicted octanol–water partition coefficient (Wildman–Crippen LogP) is 14.1. The first-order valence-corrected chi connectivity index (χ1v) is 18.4. The molecule has 1 aliphatic rings. The summed E-state index contributed by atoms with van der Waals surface area (Å²) in [5, 5.41) is 2.52. The smallest absolute Gasteiger partial charge is 0.0711 e. The van der Waals surface area contributed by atoms with Gasteiger partial charge in [0.2, 0.25) is 0 Å². The quantitative estimate of drug-likeness (QED) is 0.129. The fourth-order valence-corrected chi connectivity index (χ4v) is 6.79. The van der Waals surface area contributed by atoms with Gasteiger partial charge in [0.25, 0.3) is 0 Å². The molecule has 6 aromatic rings. The number of allylic oxidation sites excluding steroid dienone is 8. The zero-order valence-corrected chi connectivity index (χ0v) is 30.2. The lowest BCUT2D eigenvalue weighted by atomic mass is 9.93. The monoisotopic (exact) mass is 671 g/mol. The third-order valence-electron chi connectivity index (χ3n) is 10.0. The average Bonchev–Trinajstić information content (AvgIpc) is 3.20. The van der Waals surface area contributed by atoms with Crippen molar-refractivity contribution in [3.05, 3.63) is 211 Å². The van der Waals surface area contributed by atoms with Gasteiger partial charge in [0, 0.05) is 11.3 Å². The van der Waals surface area contributed by atoms with Gasteiger partial charge in [0.15, 0.2) is 0 Å². The van der Waals surface area contributed by atoms with Crippen LogP contribution in [0.4, 0.5) is 0 Å². The van der Waals surface area contributed by atoms with Gasteiger partial charge in [-0.1, -0.05) is 197 Å². The van der Waals surface area contributed by atoms with Gasteiger partial charge in [-0.25, -0.2) is 0 Å². The number of aliphatic imine (C=N–C) groups is 1. The van der Waals surface area contributed by atoms with Crippen LogP contribution in [-0.2, 0) is 0 Å². The van der Waals surface area contributed by atoms with Gasteiger partial charge in [0.1, 0.15) is 0 Å². The number of rotatable bonds is 10. The van der Waals surface area contributed by atoms with Crippen LogP contribution >= 0.6 is 0 Å². The van der Waals surface area contributed by atoms with Crippen molar-refractivity contribution in [2.45, 2.75) is 33.1 Å². The second-order valence-corrected chi connectivity index (χ2v) is 13.5. The topological polar surface area (TPSA) is 12.4 Å². The van der Waals surface area contributed by atoms with Gasteiger partial charge in [-0.2, -0.15) is 0 Å². The lowest BCUT2D eigenvalue weighted by molar-refractivity contribution is 0.698. The van der Waals surface area contributed by atoms with E-state index in [1.54, 1.807) is 0 Å². The van der Waals surface area contributed by atoms with Crippen LogP contribution in [0.15, 0.2) is 194 Å². The summed E-state index contributed by atoms with van der Waals surface area (Å²) in [4.78, 5) is 5.47. The van der Waals surface area contributed by atoms with Crippen LogP contribution in [0.1, 0.15) is 55.4 Å². The Morgan fingerprint density at radius 3 is 2.13 bits per heavy atom. The summed E-state index contributed by atoms with van der Waals surface area (Å²) in [6.45, 7) is 8.61. The first kappa shape index (κ1) is 34.4. The zero-order valence-electron chi connectivity index (χ0n) is 30.2. The van der Waals surface area contributed by atoms with Crippen molar-refractivity contribution in [2.75, 3.05) is 0 Å². The highest BCUT2D eigenvalue weighted by molar-refractivity contribution is 6.05. The third kappa shape index (κ3) is 7.96. The van der Waals surface area contributed by atoms with Crippen LogP contribution in [0.25, 0.3) is 49.9 Å². The normalized spacial score (nSPS) is 17.3. The maximum Gasteiger partial charge on any atom is 0.0711 e. The lowest BCUT2D eigenvalue weighted by Gasteiger charge is -2.16. The number of fused-ring (bicyclic) bond motifs is 1. The van der Waals surface area contributed by atoms with Crippen LogP contribution in [0.5, 0.6) is 0 Å². The van der Waals surface area contributed by atoms with E-state index in [-0.39, 0.29) is 0 Å². The molecule has 1 atom stereocenters. The average molecular weight is 672 g/mol. The SMILES string of the molecule is C=C/C(=C\C=C/C(C)CC)c1cccc(C2=C/C(c3ccc(-c4ccccc4)cc3)=C\CC/C(c3ccc(-c4cccc5ccccc45)cc3)=N\2)c1. The maximum atomic E-state index is 5.47. The molecular weight excluding hydrogens is 627 g/mol. The number of nitrogens with zero attached hydrogens (tertiary/aromatic N) is 1. The van der Waals surface area contributed by atoms with Crippen LogP contribution in [0, 0.1) is 5.92 Å². The van der Waals surface area contributed by atoms with E-state index in [1.807, 2.05) is 6.08 Å². The first-order chi connectivity index (χ1) is 25.6. The van der Waals surface area contributed by atoms with Crippen LogP contribution in [0.2, 0.25) is 0 Å². The Balaban J connectivity index is 1.27. The molecule has 0 saturated heterocycles. The van der Waals surface area contributed by atoms with Crippen molar-refractivity contribution in [1.82, 2.24) is 0 Å². The van der Waals surface area contributed by atoms with E-state index in [4.69, 9.17) is 4.99 Å². The molecule has 254 valence electrons. The van der Waals surface area contributed by atoms with Gasteiger partial charge < -0.3 is 0 Å². The Hall–Kier alpha value is -6.05. The second kappa shape index (κ2) is 16.3. The maximum absolute atomic E-state index is 5.47. The molecule has 1 nitrogen and oxygen atoms in total. The Bertz CT molecular complexity index is 2320. The highest BCUT2D eigenvalue weighted by Gasteiger charge is 2.14. The lowest BCUT2D eigenvalue weighted by Crippen LogP contribution is -2.04. The van der Waals surface area contributed by atoms with Gasteiger partial charge >= 0.3 is 0 Å². The highest BCUT2D eigenvalue weighted by atomic mass is 14.8. The minimum absolute atomic E-state index is 0.537. The van der Waals surface area contributed by atoms with E-state index in [2.05, 4.69) is 196 Å². The molecule has 1 unspecified atom stereocenters. The van der Waals surface area contributed by atoms with Gasteiger partial charge in [-0.3, -0.25) is 4.99 Å². The summed E-state index contributed by atoms with van der Waals surface area (Å²) >= 11 is 0. The number of benzene rings is 6. The van der Waals surface area contributed by atoms with Gasteiger partial charge in [-0.15, -0.1) is 0 Å². The number of hydrogen-bond acceptors (Lipinski definition) is 1. The number of hydrogen-bond donors (Lipinski definition) is 0. The molecule has 52 heavy (non-hydrogen) atoms. The van der Waals surface area contributed by atoms with Crippen molar-refractivity contribution >= 4 is 33.3 Å². The molecule has 0 aliphatic carbocycles. The molecule has 1 heteroatoms. The minimum Gasteiger partial charge on any atom is -0.252 e. The zero-order chi connectivity index (χ0) is 35.7. The van der Waals surface area contributed by atoms with Gasteiger partial charge in [0.05, 0.1) is 5.70 Å². The Kier molecular flexibility index (Phi) is 10.8.